The Labute approximate surface area is 169 Å². The predicted octanol–water partition coefficient (Wildman–Crippen LogP) is 4.62. The maximum Gasteiger partial charge on any atom is 0.343 e. The smallest absolute Gasteiger partial charge is 0.343 e. The summed E-state index contributed by atoms with van der Waals surface area (Å²) in [4.78, 5) is 26.0. The van der Waals surface area contributed by atoms with Crippen LogP contribution in [0.2, 0.25) is 0 Å². The quantitative estimate of drug-likeness (QED) is 0.359. The van der Waals surface area contributed by atoms with Gasteiger partial charge in [-0.15, -0.1) is 11.3 Å². The summed E-state index contributed by atoms with van der Waals surface area (Å²) in [5.74, 6) is 1.26. The first-order chi connectivity index (χ1) is 14.1. The van der Waals surface area contributed by atoms with Gasteiger partial charge in [0.2, 0.25) is 12.6 Å². The summed E-state index contributed by atoms with van der Waals surface area (Å²) < 4.78 is 21.7. The Morgan fingerprint density at radius 2 is 1.93 bits per heavy atom. The van der Waals surface area contributed by atoms with E-state index >= 15 is 0 Å². The van der Waals surface area contributed by atoms with Gasteiger partial charge in [-0.2, -0.15) is 0 Å². The average molecular weight is 406 g/mol. The summed E-state index contributed by atoms with van der Waals surface area (Å²) in [5.41, 5.74) is 1.85. The highest BCUT2D eigenvalue weighted by Gasteiger charge is 2.28. The molecule has 29 heavy (non-hydrogen) atoms. The van der Waals surface area contributed by atoms with Crippen LogP contribution in [0, 0.1) is 6.92 Å². The number of esters is 1. The summed E-state index contributed by atoms with van der Waals surface area (Å²) >= 11 is 1.54. The van der Waals surface area contributed by atoms with Gasteiger partial charge in [0.25, 0.3) is 0 Å². The lowest BCUT2D eigenvalue weighted by Crippen LogP contribution is -2.08. The molecule has 0 fully saturated rings. The van der Waals surface area contributed by atoms with E-state index in [0.29, 0.717) is 28.4 Å². The van der Waals surface area contributed by atoms with Crippen LogP contribution in [0.4, 0.5) is 0 Å². The SMILES string of the molecule is Cc1ccsc1/C=C1\Oc2cc(OC(=O)c3ccc4c(c3)OCO4)ccc2C1=O. The third kappa shape index (κ3) is 3.15. The van der Waals surface area contributed by atoms with Gasteiger partial charge in [-0.25, -0.2) is 4.79 Å². The highest BCUT2D eigenvalue weighted by molar-refractivity contribution is 7.11. The highest BCUT2D eigenvalue weighted by Crippen LogP contribution is 2.36. The molecule has 2 aliphatic heterocycles. The Bertz CT molecular complexity index is 1190. The summed E-state index contributed by atoms with van der Waals surface area (Å²) in [7, 11) is 0. The van der Waals surface area contributed by atoms with Crippen LogP contribution >= 0.6 is 11.3 Å². The van der Waals surface area contributed by atoms with Crippen molar-refractivity contribution < 1.29 is 28.5 Å². The van der Waals surface area contributed by atoms with Crippen molar-refractivity contribution in [3.05, 3.63) is 75.2 Å². The molecule has 0 radical (unpaired) electrons. The van der Waals surface area contributed by atoms with Crippen molar-refractivity contribution in [1.82, 2.24) is 0 Å². The average Bonchev–Trinajstić information content (AvgIpc) is 3.42. The summed E-state index contributed by atoms with van der Waals surface area (Å²) in [6, 6.07) is 11.5. The fourth-order valence-corrected chi connectivity index (χ4v) is 3.92. The second kappa shape index (κ2) is 6.79. The van der Waals surface area contributed by atoms with Gasteiger partial charge in [-0.3, -0.25) is 4.79 Å². The van der Waals surface area contributed by atoms with Crippen LogP contribution in [0.15, 0.2) is 53.6 Å². The molecule has 144 valence electrons. The number of ether oxygens (including phenoxy) is 4. The van der Waals surface area contributed by atoms with Crippen LogP contribution in [0.1, 0.15) is 31.2 Å². The molecule has 7 heteroatoms. The lowest BCUT2D eigenvalue weighted by atomic mass is 10.1. The Balaban J connectivity index is 1.36. The van der Waals surface area contributed by atoms with Crippen LogP contribution in [0.5, 0.6) is 23.0 Å². The van der Waals surface area contributed by atoms with Crippen molar-refractivity contribution in [2.24, 2.45) is 0 Å². The van der Waals surface area contributed by atoms with Crippen molar-refractivity contribution in [2.45, 2.75) is 6.92 Å². The zero-order valence-electron chi connectivity index (χ0n) is 15.3. The van der Waals surface area contributed by atoms with E-state index in [4.69, 9.17) is 18.9 Å². The fraction of sp³-hybridized carbons (Fsp3) is 0.0909. The van der Waals surface area contributed by atoms with Crippen molar-refractivity contribution in [3.63, 3.8) is 0 Å². The molecular weight excluding hydrogens is 392 g/mol. The minimum absolute atomic E-state index is 0.130. The fourth-order valence-electron chi connectivity index (χ4n) is 3.07. The number of allylic oxidation sites excluding steroid dienone is 1. The van der Waals surface area contributed by atoms with Gasteiger partial charge < -0.3 is 18.9 Å². The Hall–Kier alpha value is -3.58. The van der Waals surface area contributed by atoms with Crippen LogP contribution < -0.4 is 18.9 Å². The van der Waals surface area contributed by atoms with Crippen molar-refractivity contribution in [1.29, 1.82) is 0 Å². The standard InChI is InChI=1S/C22H14O6S/c1-12-6-7-29-20(12)10-19-21(23)15-4-3-14(9-17(15)28-19)27-22(24)13-2-5-16-18(8-13)26-11-25-16/h2-10H,11H2,1H3/b19-10-. The molecule has 6 nitrogen and oxygen atoms in total. The number of Topliss-reactive ketones (excluding diaryl/α,β-unsaturated/α-hetero) is 1. The number of thiophene rings is 1. The van der Waals surface area contributed by atoms with E-state index in [1.165, 1.54) is 11.3 Å². The molecule has 0 N–H and O–H groups in total. The van der Waals surface area contributed by atoms with E-state index in [0.717, 1.165) is 10.4 Å². The second-order valence-electron chi connectivity index (χ2n) is 6.52. The van der Waals surface area contributed by atoms with E-state index in [1.54, 1.807) is 42.5 Å². The predicted molar refractivity (Wildman–Crippen MR) is 106 cm³/mol. The molecular formula is C22H14O6S. The van der Waals surface area contributed by atoms with Crippen molar-refractivity contribution >= 4 is 29.2 Å². The van der Waals surface area contributed by atoms with Gasteiger partial charge in [0.1, 0.15) is 11.5 Å². The number of benzene rings is 2. The minimum Gasteiger partial charge on any atom is -0.454 e. The highest BCUT2D eigenvalue weighted by atomic mass is 32.1. The van der Waals surface area contributed by atoms with Crippen molar-refractivity contribution in [3.8, 4) is 23.0 Å². The number of fused-ring (bicyclic) bond motifs is 2. The molecule has 1 aromatic heterocycles. The van der Waals surface area contributed by atoms with Gasteiger partial charge in [-0.05, 0) is 54.3 Å². The van der Waals surface area contributed by atoms with Gasteiger partial charge in [0.15, 0.2) is 17.3 Å². The number of aryl methyl sites for hydroxylation is 1. The molecule has 0 saturated carbocycles. The van der Waals surface area contributed by atoms with E-state index in [-0.39, 0.29) is 24.1 Å². The van der Waals surface area contributed by atoms with Gasteiger partial charge in [0, 0.05) is 17.0 Å². The molecule has 0 bridgehead atoms. The van der Waals surface area contributed by atoms with Gasteiger partial charge >= 0.3 is 5.97 Å². The number of hydrogen-bond donors (Lipinski definition) is 0. The van der Waals surface area contributed by atoms with Gasteiger partial charge in [0.05, 0.1) is 11.1 Å². The number of rotatable bonds is 3. The molecule has 0 atom stereocenters. The molecule has 0 amide bonds. The molecule has 0 unspecified atom stereocenters. The zero-order chi connectivity index (χ0) is 20.0. The van der Waals surface area contributed by atoms with E-state index < -0.39 is 5.97 Å². The minimum atomic E-state index is -0.544. The van der Waals surface area contributed by atoms with Crippen LogP contribution in [-0.2, 0) is 0 Å². The molecule has 0 aliphatic carbocycles. The summed E-state index contributed by atoms with van der Waals surface area (Å²) in [6.45, 7) is 2.11. The molecule has 0 spiro atoms. The number of carbonyl (C=O) groups excluding carboxylic acids is 2. The maximum atomic E-state index is 12.6. The van der Waals surface area contributed by atoms with Gasteiger partial charge in [-0.1, -0.05) is 0 Å². The van der Waals surface area contributed by atoms with E-state index in [1.807, 2.05) is 18.4 Å². The first-order valence-electron chi connectivity index (χ1n) is 8.83. The van der Waals surface area contributed by atoms with E-state index in [2.05, 4.69) is 0 Å². The monoisotopic (exact) mass is 406 g/mol. The zero-order valence-corrected chi connectivity index (χ0v) is 16.1. The summed E-state index contributed by atoms with van der Waals surface area (Å²) in [6.07, 6.45) is 1.74. The Morgan fingerprint density at radius 3 is 2.76 bits per heavy atom. The third-order valence-electron chi connectivity index (χ3n) is 4.62. The molecule has 2 aliphatic rings. The number of carbonyl (C=O) groups is 2. The maximum absolute atomic E-state index is 12.6. The lowest BCUT2D eigenvalue weighted by Gasteiger charge is -2.06. The number of hydrogen-bond acceptors (Lipinski definition) is 7. The van der Waals surface area contributed by atoms with Crippen LogP contribution in [0.3, 0.4) is 0 Å². The van der Waals surface area contributed by atoms with Crippen LogP contribution in [0.25, 0.3) is 6.08 Å². The molecule has 3 heterocycles. The van der Waals surface area contributed by atoms with Crippen molar-refractivity contribution in [2.75, 3.05) is 6.79 Å². The Kier molecular flexibility index (Phi) is 4.10. The Morgan fingerprint density at radius 1 is 1.07 bits per heavy atom. The molecule has 2 aromatic carbocycles. The molecule has 3 aromatic rings. The normalized spacial score (nSPS) is 15.3. The summed E-state index contributed by atoms with van der Waals surface area (Å²) in [5, 5.41) is 1.96. The lowest BCUT2D eigenvalue weighted by molar-refractivity contribution is 0.0734. The second-order valence-corrected chi connectivity index (χ2v) is 7.47. The largest absolute Gasteiger partial charge is 0.454 e. The van der Waals surface area contributed by atoms with E-state index in [9.17, 15) is 9.59 Å². The molecule has 0 saturated heterocycles. The van der Waals surface area contributed by atoms with Crippen LogP contribution in [-0.4, -0.2) is 18.5 Å². The third-order valence-corrected chi connectivity index (χ3v) is 5.59. The number of ketones is 1. The molecule has 5 rings (SSSR count). The topological polar surface area (TPSA) is 71.1 Å². The first kappa shape index (κ1) is 17.5. The first-order valence-corrected chi connectivity index (χ1v) is 9.71.